The third-order valence-electron chi connectivity index (χ3n) is 3.70. The van der Waals surface area contributed by atoms with E-state index in [9.17, 15) is 14.8 Å². The predicted octanol–water partition coefficient (Wildman–Crippen LogP) is -0.514. The van der Waals surface area contributed by atoms with Crippen LogP contribution in [0.15, 0.2) is 0 Å². The fraction of sp³-hybridized carbons (Fsp3) is 0.875. The predicted molar refractivity (Wildman–Crippen MR) is 90.3 cm³/mol. The average Bonchev–Trinajstić information content (AvgIpc) is 2.62. The topological polar surface area (TPSA) is 101 Å². The van der Waals surface area contributed by atoms with Crippen LogP contribution in [0.4, 0.5) is 0 Å². The van der Waals surface area contributed by atoms with Gasteiger partial charge in [-0.3, -0.25) is 9.59 Å². The fourth-order valence-electron chi connectivity index (χ4n) is 2.19. The van der Waals surface area contributed by atoms with Crippen LogP contribution in [0.3, 0.4) is 0 Å². The van der Waals surface area contributed by atoms with Crippen molar-refractivity contribution in [3.05, 3.63) is 0 Å². The minimum atomic E-state index is 0.0196. The summed E-state index contributed by atoms with van der Waals surface area (Å²) in [6.45, 7) is 7.08. The van der Waals surface area contributed by atoms with Crippen molar-refractivity contribution in [1.82, 2.24) is 15.3 Å². The summed E-state index contributed by atoms with van der Waals surface area (Å²) < 4.78 is 16.0. The molecule has 0 bridgehead atoms. The van der Waals surface area contributed by atoms with Crippen molar-refractivity contribution in [3.8, 4) is 0 Å². The molecular formula is C16H31N3O6. The minimum Gasteiger partial charge on any atom is -0.379 e. The molecule has 0 aromatic heterocycles. The van der Waals surface area contributed by atoms with Gasteiger partial charge in [0, 0.05) is 39.1 Å². The highest BCUT2D eigenvalue weighted by Crippen LogP contribution is 2.01. The number of carbonyl (C=O) groups excluding carboxylic acids is 2. The lowest BCUT2D eigenvalue weighted by atomic mass is 10.3. The molecule has 0 spiro atoms. The SMILES string of the molecule is CCC(=O)NCCOCCOCCOCCC(=O)N1CCN(O)CC1. The van der Waals surface area contributed by atoms with Gasteiger partial charge in [-0.25, -0.2) is 0 Å². The zero-order valence-corrected chi connectivity index (χ0v) is 15.1. The zero-order valence-electron chi connectivity index (χ0n) is 15.1. The van der Waals surface area contributed by atoms with E-state index in [-0.39, 0.29) is 11.8 Å². The summed E-state index contributed by atoms with van der Waals surface area (Å²) in [5.74, 6) is 0.0729. The molecule has 0 radical (unpaired) electrons. The first-order valence-electron chi connectivity index (χ1n) is 8.85. The van der Waals surface area contributed by atoms with Crippen LogP contribution in [0.2, 0.25) is 0 Å². The number of carbonyl (C=O) groups is 2. The van der Waals surface area contributed by atoms with Crippen molar-refractivity contribution >= 4 is 11.8 Å². The van der Waals surface area contributed by atoms with Crippen molar-refractivity contribution in [3.63, 3.8) is 0 Å². The fourth-order valence-corrected chi connectivity index (χ4v) is 2.19. The van der Waals surface area contributed by atoms with Gasteiger partial charge >= 0.3 is 0 Å². The third-order valence-corrected chi connectivity index (χ3v) is 3.70. The van der Waals surface area contributed by atoms with Gasteiger partial charge in [-0.2, -0.15) is 5.06 Å². The monoisotopic (exact) mass is 361 g/mol. The molecule has 9 nitrogen and oxygen atoms in total. The molecule has 1 rings (SSSR count). The Morgan fingerprint density at radius 3 is 2.08 bits per heavy atom. The number of rotatable bonds is 13. The molecule has 0 unspecified atom stereocenters. The summed E-state index contributed by atoms with van der Waals surface area (Å²) in [5, 5.41) is 13.2. The maximum atomic E-state index is 11.9. The number of amides is 2. The summed E-state index contributed by atoms with van der Waals surface area (Å²) in [6, 6.07) is 0. The van der Waals surface area contributed by atoms with Crippen molar-refractivity contribution in [2.24, 2.45) is 0 Å². The molecule has 1 fully saturated rings. The van der Waals surface area contributed by atoms with E-state index < -0.39 is 0 Å². The van der Waals surface area contributed by atoms with E-state index in [1.54, 1.807) is 11.8 Å². The Labute approximate surface area is 149 Å². The first-order chi connectivity index (χ1) is 12.1. The summed E-state index contributed by atoms with van der Waals surface area (Å²) in [5.41, 5.74) is 0. The third kappa shape index (κ3) is 11.1. The molecular weight excluding hydrogens is 330 g/mol. The number of hydroxylamine groups is 2. The van der Waals surface area contributed by atoms with Crippen molar-refractivity contribution in [2.75, 3.05) is 72.4 Å². The van der Waals surface area contributed by atoms with Gasteiger partial charge in [-0.05, 0) is 0 Å². The first-order valence-corrected chi connectivity index (χ1v) is 8.85. The number of nitrogens with zero attached hydrogens (tertiary/aromatic N) is 2. The second kappa shape index (κ2) is 14.0. The largest absolute Gasteiger partial charge is 0.379 e. The highest BCUT2D eigenvalue weighted by molar-refractivity contribution is 5.76. The molecule has 1 saturated heterocycles. The van der Waals surface area contributed by atoms with Crippen molar-refractivity contribution in [1.29, 1.82) is 0 Å². The Morgan fingerprint density at radius 1 is 0.920 bits per heavy atom. The van der Waals surface area contributed by atoms with E-state index in [1.165, 1.54) is 5.06 Å². The van der Waals surface area contributed by atoms with Gasteiger partial charge < -0.3 is 29.6 Å². The van der Waals surface area contributed by atoms with E-state index in [0.29, 0.717) is 85.2 Å². The molecule has 0 aliphatic carbocycles. The highest BCUT2D eigenvalue weighted by atomic mass is 16.5. The van der Waals surface area contributed by atoms with Gasteiger partial charge in [0.25, 0.3) is 0 Å². The smallest absolute Gasteiger partial charge is 0.224 e. The second-order valence-corrected chi connectivity index (χ2v) is 5.63. The molecule has 0 aromatic carbocycles. The Bertz CT molecular complexity index is 375. The van der Waals surface area contributed by atoms with Crippen molar-refractivity contribution < 1.29 is 29.0 Å². The molecule has 0 aromatic rings. The maximum absolute atomic E-state index is 11.9. The van der Waals surface area contributed by atoms with Crippen LogP contribution in [-0.4, -0.2) is 99.3 Å². The lowest BCUT2D eigenvalue weighted by Gasteiger charge is -2.31. The summed E-state index contributed by atoms with van der Waals surface area (Å²) in [6.07, 6.45) is 0.825. The number of ether oxygens (including phenoxy) is 3. The number of nitrogens with one attached hydrogen (secondary N) is 1. The molecule has 0 saturated carbocycles. The Hall–Kier alpha value is -1.26. The number of piperazine rings is 1. The molecule has 9 heteroatoms. The highest BCUT2D eigenvalue weighted by Gasteiger charge is 2.19. The summed E-state index contributed by atoms with van der Waals surface area (Å²) >= 11 is 0. The quantitative estimate of drug-likeness (QED) is 0.426. The van der Waals surface area contributed by atoms with Gasteiger partial charge in [0.15, 0.2) is 0 Å². The van der Waals surface area contributed by atoms with E-state index in [2.05, 4.69) is 5.32 Å². The maximum Gasteiger partial charge on any atom is 0.224 e. The molecule has 2 amide bonds. The molecule has 0 atom stereocenters. The molecule has 1 heterocycles. The first kappa shape index (κ1) is 21.8. The zero-order chi connectivity index (χ0) is 18.3. The normalized spacial score (nSPS) is 15.4. The summed E-state index contributed by atoms with van der Waals surface area (Å²) in [4.78, 5) is 24.6. The molecule has 1 aliphatic heterocycles. The van der Waals surface area contributed by atoms with Crippen molar-refractivity contribution in [2.45, 2.75) is 19.8 Å². The lowest BCUT2D eigenvalue weighted by Crippen LogP contribution is -2.47. The molecule has 1 aliphatic rings. The van der Waals surface area contributed by atoms with Gasteiger partial charge in [0.05, 0.1) is 46.1 Å². The van der Waals surface area contributed by atoms with E-state index in [1.807, 2.05) is 0 Å². The number of hydrogen-bond acceptors (Lipinski definition) is 7. The Balaban J connectivity index is 1.81. The molecule has 2 N–H and O–H groups in total. The van der Waals surface area contributed by atoms with Crippen LogP contribution in [0.1, 0.15) is 19.8 Å². The second-order valence-electron chi connectivity index (χ2n) is 5.63. The van der Waals surface area contributed by atoms with Gasteiger partial charge in [-0.1, -0.05) is 6.92 Å². The molecule has 146 valence electrons. The Kier molecular flexibility index (Phi) is 12.2. The van der Waals surface area contributed by atoms with Crippen LogP contribution in [0, 0.1) is 0 Å². The van der Waals surface area contributed by atoms with Crippen LogP contribution in [0.5, 0.6) is 0 Å². The van der Waals surface area contributed by atoms with E-state index >= 15 is 0 Å². The van der Waals surface area contributed by atoms with Gasteiger partial charge in [0.2, 0.25) is 11.8 Å². The van der Waals surface area contributed by atoms with E-state index in [0.717, 1.165) is 0 Å². The van der Waals surface area contributed by atoms with Gasteiger partial charge in [-0.15, -0.1) is 0 Å². The Morgan fingerprint density at radius 2 is 1.48 bits per heavy atom. The van der Waals surface area contributed by atoms with Crippen LogP contribution in [-0.2, 0) is 23.8 Å². The number of hydrogen-bond donors (Lipinski definition) is 2. The van der Waals surface area contributed by atoms with E-state index in [4.69, 9.17) is 14.2 Å². The van der Waals surface area contributed by atoms with Crippen LogP contribution in [0.25, 0.3) is 0 Å². The van der Waals surface area contributed by atoms with Crippen LogP contribution >= 0.6 is 0 Å². The standard InChI is InChI=1S/C16H31N3O6/c1-2-15(20)17-4-10-24-12-14-25-13-11-23-9-3-16(21)18-5-7-19(22)8-6-18/h22H,2-14H2,1H3,(H,17,20). The summed E-state index contributed by atoms with van der Waals surface area (Å²) in [7, 11) is 0. The minimum absolute atomic E-state index is 0.0196. The molecule has 25 heavy (non-hydrogen) atoms. The average molecular weight is 361 g/mol. The van der Waals surface area contributed by atoms with Gasteiger partial charge in [0.1, 0.15) is 0 Å². The lowest BCUT2D eigenvalue weighted by molar-refractivity contribution is -0.147. The van der Waals surface area contributed by atoms with Crippen LogP contribution < -0.4 is 5.32 Å².